The van der Waals surface area contributed by atoms with E-state index in [1.807, 2.05) is 6.92 Å². The number of hydrogen-bond donors (Lipinski definition) is 5. The number of carbonyl (C=O) groups excluding carboxylic acids is 3. The monoisotopic (exact) mass is 412 g/mol. The Labute approximate surface area is 167 Å². The van der Waals surface area contributed by atoms with Crippen LogP contribution in [-0.4, -0.2) is 40.9 Å². The molecule has 1 rings (SSSR count). The Kier molecular flexibility index (Phi) is 8.72. The van der Waals surface area contributed by atoms with E-state index < -0.39 is 35.8 Å². The van der Waals surface area contributed by atoms with Gasteiger partial charge in [0.2, 0.25) is 11.8 Å². The number of carbonyl (C=O) groups is 4. The molecule has 10 heteroatoms. The highest BCUT2D eigenvalue weighted by atomic mass is 35.5. The van der Waals surface area contributed by atoms with Crippen LogP contribution in [0.2, 0.25) is 5.02 Å². The van der Waals surface area contributed by atoms with Crippen molar-refractivity contribution >= 4 is 41.0 Å². The molecule has 9 nitrogen and oxygen atoms in total. The summed E-state index contributed by atoms with van der Waals surface area (Å²) in [6.45, 7) is 3.57. The third kappa shape index (κ3) is 6.73. The predicted octanol–water partition coefficient (Wildman–Crippen LogP) is 0.902. The van der Waals surface area contributed by atoms with Crippen LogP contribution in [0.5, 0.6) is 0 Å². The zero-order valence-corrected chi connectivity index (χ0v) is 16.5. The van der Waals surface area contributed by atoms with E-state index in [0.717, 1.165) is 0 Å². The fraction of sp³-hybridized carbons (Fsp3) is 0.444. The van der Waals surface area contributed by atoms with E-state index in [-0.39, 0.29) is 30.0 Å². The van der Waals surface area contributed by atoms with Gasteiger partial charge in [0.05, 0.1) is 5.56 Å². The molecule has 0 radical (unpaired) electrons. The van der Waals surface area contributed by atoms with Crippen molar-refractivity contribution in [3.05, 3.63) is 28.8 Å². The molecule has 0 spiro atoms. The molecular formula is C18H25ClN4O5. The van der Waals surface area contributed by atoms with Crippen LogP contribution in [0.3, 0.4) is 0 Å². The van der Waals surface area contributed by atoms with Gasteiger partial charge in [-0.25, -0.2) is 4.79 Å². The van der Waals surface area contributed by atoms with Crippen LogP contribution in [0, 0.1) is 5.92 Å². The molecule has 0 saturated heterocycles. The van der Waals surface area contributed by atoms with Crippen molar-refractivity contribution in [3.8, 4) is 0 Å². The first-order chi connectivity index (χ1) is 13.1. The van der Waals surface area contributed by atoms with Crippen LogP contribution < -0.4 is 22.1 Å². The molecule has 1 aromatic carbocycles. The van der Waals surface area contributed by atoms with Crippen molar-refractivity contribution in [1.29, 1.82) is 0 Å². The average Bonchev–Trinajstić information content (AvgIpc) is 2.63. The summed E-state index contributed by atoms with van der Waals surface area (Å²) in [6.07, 6.45) is 0.192. The maximum Gasteiger partial charge on any atom is 0.326 e. The van der Waals surface area contributed by atoms with E-state index in [4.69, 9.17) is 23.1 Å². The summed E-state index contributed by atoms with van der Waals surface area (Å²) >= 11 is 5.90. The van der Waals surface area contributed by atoms with Crippen LogP contribution >= 0.6 is 11.6 Å². The van der Waals surface area contributed by atoms with E-state index in [1.54, 1.807) is 6.92 Å². The Morgan fingerprint density at radius 3 is 2.39 bits per heavy atom. The van der Waals surface area contributed by atoms with Gasteiger partial charge in [-0.3, -0.25) is 14.4 Å². The van der Waals surface area contributed by atoms with Crippen molar-refractivity contribution < 1.29 is 24.3 Å². The van der Waals surface area contributed by atoms with Gasteiger partial charge >= 0.3 is 5.97 Å². The van der Waals surface area contributed by atoms with Crippen LogP contribution in [0.4, 0.5) is 5.69 Å². The molecule has 7 N–H and O–H groups in total. The minimum Gasteiger partial charge on any atom is -0.480 e. The largest absolute Gasteiger partial charge is 0.480 e. The predicted molar refractivity (Wildman–Crippen MR) is 105 cm³/mol. The topological polar surface area (TPSA) is 165 Å². The van der Waals surface area contributed by atoms with E-state index >= 15 is 0 Å². The Hall–Kier alpha value is -2.81. The maximum absolute atomic E-state index is 12.7. The first kappa shape index (κ1) is 23.2. The lowest BCUT2D eigenvalue weighted by atomic mass is 9.97. The summed E-state index contributed by atoms with van der Waals surface area (Å²) in [7, 11) is 0. The van der Waals surface area contributed by atoms with Crippen LogP contribution in [0.15, 0.2) is 18.2 Å². The minimum atomic E-state index is -1.31. The molecule has 1 aromatic rings. The summed E-state index contributed by atoms with van der Waals surface area (Å²) in [6, 6.07) is 2.07. The van der Waals surface area contributed by atoms with Gasteiger partial charge in [-0.1, -0.05) is 31.9 Å². The van der Waals surface area contributed by atoms with Crippen molar-refractivity contribution in [3.63, 3.8) is 0 Å². The first-order valence-electron chi connectivity index (χ1n) is 8.74. The number of hydrogen-bond acceptors (Lipinski definition) is 5. The Morgan fingerprint density at radius 2 is 1.86 bits per heavy atom. The van der Waals surface area contributed by atoms with Crippen molar-refractivity contribution in [1.82, 2.24) is 10.6 Å². The Bertz CT molecular complexity index is 755. The van der Waals surface area contributed by atoms with E-state index in [1.165, 1.54) is 18.2 Å². The number of nitrogens with one attached hydrogen (secondary N) is 2. The van der Waals surface area contributed by atoms with Gasteiger partial charge in [0.15, 0.2) is 0 Å². The zero-order chi connectivity index (χ0) is 21.4. The van der Waals surface area contributed by atoms with Gasteiger partial charge < -0.3 is 27.2 Å². The van der Waals surface area contributed by atoms with Gasteiger partial charge in [-0.05, 0) is 30.5 Å². The number of amides is 3. The lowest BCUT2D eigenvalue weighted by Crippen LogP contribution is -2.54. The normalized spacial score (nSPS) is 13.8. The molecule has 0 heterocycles. The highest BCUT2D eigenvalue weighted by Gasteiger charge is 2.30. The summed E-state index contributed by atoms with van der Waals surface area (Å²) < 4.78 is 0. The molecule has 0 fully saturated rings. The lowest BCUT2D eigenvalue weighted by molar-refractivity contribution is -0.142. The number of anilines is 1. The Balaban J connectivity index is 2.98. The van der Waals surface area contributed by atoms with Gasteiger partial charge in [-0.2, -0.15) is 0 Å². The number of rotatable bonds is 10. The average molecular weight is 413 g/mol. The van der Waals surface area contributed by atoms with Crippen LogP contribution in [0.25, 0.3) is 0 Å². The number of aliphatic carboxylic acids is 1. The lowest BCUT2D eigenvalue weighted by Gasteiger charge is -2.25. The number of benzene rings is 1. The Morgan fingerprint density at radius 1 is 1.21 bits per heavy atom. The molecule has 3 atom stereocenters. The third-order valence-electron chi connectivity index (χ3n) is 4.34. The van der Waals surface area contributed by atoms with E-state index in [9.17, 15) is 24.3 Å². The van der Waals surface area contributed by atoms with Crippen molar-refractivity contribution in [2.24, 2.45) is 11.7 Å². The molecule has 0 saturated carbocycles. The first-order valence-corrected chi connectivity index (χ1v) is 9.11. The molecule has 3 amide bonds. The second-order valence-corrected chi connectivity index (χ2v) is 6.91. The molecule has 0 bridgehead atoms. The quantitative estimate of drug-likeness (QED) is 0.358. The van der Waals surface area contributed by atoms with Crippen molar-refractivity contribution in [2.45, 2.75) is 45.2 Å². The maximum atomic E-state index is 12.7. The molecule has 0 aromatic heterocycles. The highest BCUT2D eigenvalue weighted by Crippen LogP contribution is 2.19. The highest BCUT2D eigenvalue weighted by molar-refractivity contribution is 6.31. The fourth-order valence-corrected chi connectivity index (χ4v) is 2.62. The van der Waals surface area contributed by atoms with Crippen LogP contribution in [0.1, 0.15) is 43.5 Å². The fourth-order valence-electron chi connectivity index (χ4n) is 2.45. The van der Waals surface area contributed by atoms with Crippen LogP contribution in [-0.2, 0) is 14.4 Å². The number of carboxylic acids is 1. The number of nitrogen functional groups attached to an aromatic ring is 1. The van der Waals surface area contributed by atoms with Crippen molar-refractivity contribution in [2.75, 3.05) is 5.73 Å². The summed E-state index contributed by atoms with van der Waals surface area (Å²) in [5.74, 6) is -3.56. The smallest absolute Gasteiger partial charge is 0.326 e. The molecule has 28 heavy (non-hydrogen) atoms. The molecule has 0 aliphatic carbocycles. The second kappa shape index (κ2) is 10.5. The summed E-state index contributed by atoms with van der Waals surface area (Å²) in [4.78, 5) is 47.5. The van der Waals surface area contributed by atoms with E-state index in [0.29, 0.717) is 11.4 Å². The number of primary amides is 1. The summed E-state index contributed by atoms with van der Waals surface area (Å²) in [5.41, 5.74) is 11.1. The number of halogens is 1. The van der Waals surface area contributed by atoms with Gasteiger partial charge in [-0.15, -0.1) is 0 Å². The molecule has 154 valence electrons. The van der Waals surface area contributed by atoms with Gasteiger partial charge in [0.25, 0.3) is 5.91 Å². The molecule has 0 aliphatic heterocycles. The number of nitrogens with two attached hydrogens (primary N) is 2. The molecule has 1 unspecified atom stereocenters. The summed E-state index contributed by atoms with van der Waals surface area (Å²) in [5, 5.41) is 14.5. The van der Waals surface area contributed by atoms with E-state index in [2.05, 4.69) is 10.6 Å². The number of carboxylic acid groups (broad SMARTS) is 1. The standard InChI is InChI=1S/C18H25ClN4O5/c1-3-9(2)15(17(26)22-13(18(27)28)6-7-14(21)24)23-16(25)11-8-10(19)4-5-12(11)20/h4-5,8-9,13,15H,3,6-7,20H2,1-2H3,(H2,21,24)(H,22,26)(H,23,25)(H,27,28)/t9?,13-,15+/m0/s1. The SMILES string of the molecule is CCC(C)[C@@H](NC(=O)c1cc(Cl)ccc1N)C(=O)N[C@@H](CCC(N)=O)C(=O)O. The van der Waals surface area contributed by atoms with Gasteiger partial charge in [0, 0.05) is 17.1 Å². The molecule has 0 aliphatic rings. The minimum absolute atomic E-state index is 0.108. The second-order valence-electron chi connectivity index (χ2n) is 6.47. The molecular weight excluding hydrogens is 388 g/mol. The van der Waals surface area contributed by atoms with Gasteiger partial charge in [0.1, 0.15) is 12.1 Å². The third-order valence-corrected chi connectivity index (χ3v) is 4.57. The zero-order valence-electron chi connectivity index (χ0n) is 15.7.